The van der Waals surface area contributed by atoms with Gasteiger partial charge in [-0.05, 0) is 24.7 Å². The number of morpholine rings is 1. The molecule has 108 valence electrons. The van der Waals surface area contributed by atoms with Crippen molar-refractivity contribution in [3.63, 3.8) is 0 Å². The van der Waals surface area contributed by atoms with Gasteiger partial charge in [0.25, 0.3) is 0 Å². The summed E-state index contributed by atoms with van der Waals surface area (Å²) in [6.45, 7) is 3.61. The highest BCUT2D eigenvalue weighted by atomic mass is 16.5. The molecule has 1 saturated heterocycles. The van der Waals surface area contributed by atoms with Crippen LogP contribution in [0.25, 0.3) is 0 Å². The van der Waals surface area contributed by atoms with Gasteiger partial charge < -0.3 is 20.1 Å². The summed E-state index contributed by atoms with van der Waals surface area (Å²) in [5.41, 5.74) is 0.273. The first-order valence-corrected chi connectivity index (χ1v) is 6.93. The first-order chi connectivity index (χ1) is 9.08. The quantitative estimate of drug-likeness (QED) is 0.783. The predicted octanol–water partition coefficient (Wildman–Crippen LogP) is 1.06. The first-order valence-electron chi connectivity index (χ1n) is 6.93. The number of hydrogen-bond donors (Lipinski definition) is 2. The van der Waals surface area contributed by atoms with Gasteiger partial charge in [0.15, 0.2) is 6.04 Å². The second-order valence-electron chi connectivity index (χ2n) is 5.53. The van der Waals surface area contributed by atoms with Gasteiger partial charge in [-0.3, -0.25) is 0 Å². The lowest BCUT2D eigenvalue weighted by atomic mass is 10.0. The lowest BCUT2D eigenvalue weighted by Crippen LogP contribution is -2.56. The van der Waals surface area contributed by atoms with Gasteiger partial charge >= 0.3 is 12.0 Å². The Morgan fingerprint density at radius 2 is 2.21 bits per heavy atom. The summed E-state index contributed by atoms with van der Waals surface area (Å²) in [5, 5.41) is 12.0. The van der Waals surface area contributed by atoms with E-state index in [0.717, 1.165) is 25.7 Å². The summed E-state index contributed by atoms with van der Waals surface area (Å²) in [5.74, 6) is -1.01. The second-order valence-corrected chi connectivity index (χ2v) is 5.53. The van der Waals surface area contributed by atoms with Crippen molar-refractivity contribution in [3.05, 3.63) is 0 Å². The molecule has 1 aliphatic heterocycles. The van der Waals surface area contributed by atoms with Crippen LogP contribution in [0.3, 0.4) is 0 Å². The number of amides is 2. The number of carbonyl (C=O) groups is 2. The molecule has 19 heavy (non-hydrogen) atoms. The number of hydrogen-bond acceptors (Lipinski definition) is 3. The summed E-state index contributed by atoms with van der Waals surface area (Å²) < 4.78 is 5.12. The predicted molar refractivity (Wildman–Crippen MR) is 68.9 cm³/mol. The molecule has 1 aliphatic carbocycles. The number of carboxylic acids is 1. The van der Waals surface area contributed by atoms with Crippen molar-refractivity contribution in [3.8, 4) is 0 Å². The largest absolute Gasteiger partial charge is 0.480 e. The van der Waals surface area contributed by atoms with Gasteiger partial charge in [0.1, 0.15) is 0 Å². The van der Waals surface area contributed by atoms with Crippen molar-refractivity contribution < 1.29 is 19.4 Å². The Labute approximate surface area is 113 Å². The van der Waals surface area contributed by atoms with E-state index in [2.05, 4.69) is 12.2 Å². The Kier molecular flexibility index (Phi) is 4.29. The molecule has 0 aromatic rings. The number of urea groups is 1. The normalized spacial score (nSPS) is 24.9. The topological polar surface area (TPSA) is 78.9 Å². The van der Waals surface area contributed by atoms with Gasteiger partial charge in [0.2, 0.25) is 0 Å². The number of nitrogens with one attached hydrogen (secondary N) is 1. The van der Waals surface area contributed by atoms with Gasteiger partial charge in [-0.15, -0.1) is 0 Å². The minimum Gasteiger partial charge on any atom is -0.480 e. The molecule has 0 aromatic carbocycles. The summed E-state index contributed by atoms with van der Waals surface area (Å²) in [6, 6.07) is -1.15. The lowest BCUT2D eigenvalue weighted by molar-refractivity contribution is -0.147. The van der Waals surface area contributed by atoms with Gasteiger partial charge in [-0.25, -0.2) is 9.59 Å². The maximum absolute atomic E-state index is 12.1. The van der Waals surface area contributed by atoms with Crippen molar-refractivity contribution >= 4 is 12.0 Å². The molecule has 0 bridgehead atoms. The maximum Gasteiger partial charge on any atom is 0.328 e. The van der Waals surface area contributed by atoms with Crippen molar-refractivity contribution in [2.24, 2.45) is 5.41 Å². The van der Waals surface area contributed by atoms with Crippen LogP contribution in [-0.4, -0.2) is 54.4 Å². The molecule has 2 rings (SSSR count). The minimum absolute atomic E-state index is 0.0723. The Balaban J connectivity index is 1.86. The molecule has 2 amide bonds. The molecule has 6 heteroatoms. The molecule has 2 aliphatic rings. The number of nitrogens with zero attached hydrogens (tertiary/aromatic N) is 1. The zero-order valence-corrected chi connectivity index (χ0v) is 11.4. The highest BCUT2D eigenvalue weighted by Gasteiger charge is 2.42. The van der Waals surface area contributed by atoms with Crippen LogP contribution in [0.15, 0.2) is 0 Å². The average Bonchev–Trinajstić information content (AvgIpc) is 3.17. The molecule has 6 nitrogen and oxygen atoms in total. The maximum atomic E-state index is 12.1. The fourth-order valence-corrected chi connectivity index (χ4v) is 2.64. The molecule has 1 atom stereocenters. The number of carbonyl (C=O) groups excluding carboxylic acids is 1. The van der Waals surface area contributed by atoms with Crippen LogP contribution in [0.5, 0.6) is 0 Å². The van der Waals surface area contributed by atoms with Crippen LogP contribution in [0, 0.1) is 5.41 Å². The second kappa shape index (κ2) is 5.77. The Morgan fingerprint density at radius 1 is 1.47 bits per heavy atom. The fourth-order valence-electron chi connectivity index (χ4n) is 2.64. The molecule has 2 fully saturated rings. The average molecular weight is 270 g/mol. The lowest BCUT2D eigenvalue weighted by Gasteiger charge is -2.33. The molecule has 0 aromatic heterocycles. The van der Waals surface area contributed by atoms with Crippen molar-refractivity contribution in [2.75, 3.05) is 26.3 Å². The minimum atomic E-state index is -1.01. The van der Waals surface area contributed by atoms with Gasteiger partial charge in [0, 0.05) is 13.1 Å². The van der Waals surface area contributed by atoms with E-state index >= 15 is 0 Å². The van der Waals surface area contributed by atoms with E-state index < -0.39 is 12.0 Å². The zero-order chi connectivity index (χ0) is 13.9. The summed E-state index contributed by atoms with van der Waals surface area (Å²) in [4.78, 5) is 24.5. The number of aliphatic carboxylic acids is 1. The van der Waals surface area contributed by atoms with Crippen LogP contribution in [0.2, 0.25) is 0 Å². The first kappa shape index (κ1) is 14.1. The fraction of sp³-hybridized carbons (Fsp3) is 0.846. The molecule has 0 spiro atoms. The van der Waals surface area contributed by atoms with Gasteiger partial charge in [-0.1, -0.05) is 13.3 Å². The van der Waals surface area contributed by atoms with E-state index in [1.165, 1.54) is 4.90 Å². The molecular weight excluding hydrogens is 248 g/mol. The standard InChI is InChI=1S/C13H22N2O4/c1-2-3-13(4-5-13)9-14-12(18)15-6-7-19-8-10(15)11(16)17/h10H,2-9H2,1H3,(H,14,18)(H,16,17). The van der Waals surface area contributed by atoms with E-state index in [0.29, 0.717) is 19.7 Å². The van der Waals surface area contributed by atoms with Crippen molar-refractivity contribution in [1.29, 1.82) is 0 Å². The SMILES string of the molecule is CCCC1(CNC(=O)N2CCOCC2C(=O)O)CC1. The molecule has 1 unspecified atom stereocenters. The Bertz CT molecular complexity index is 355. The van der Waals surface area contributed by atoms with Gasteiger partial charge in [-0.2, -0.15) is 0 Å². The summed E-state index contributed by atoms with van der Waals surface area (Å²) >= 11 is 0. The zero-order valence-electron chi connectivity index (χ0n) is 11.4. The van der Waals surface area contributed by atoms with E-state index in [-0.39, 0.29) is 18.1 Å². The Hall–Kier alpha value is -1.30. The molecule has 1 saturated carbocycles. The van der Waals surface area contributed by atoms with Crippen LogP contribution < -0.4 is 5.32 Å². The van der Waals surface area contributed by atoms with E-state index in [9.17, 15) is 9.59 Å². The van der Waals surface area contributed by atoms with E-state index in [1.807, 2.05) is 0 Å². The van der Waals surface area contributed by atoms with Crippen LogP contribution in [0.4, 0.5) is 4.79 Å². The van der Waals surface area contributed by atoms with E-state index in [4.69, 9.17) is 9.84 Å². The van der Waals surface area contributed by atoms with Crippen molar-refractivity contribution in [2.45, 2.75) is 38.6 Å². The third kappa shape index (κ3) is 3.37. The monoisotopic (exact) mass is 270 g/mol. The van der Waals surface area contributed by atoms with Gasteiger partial charge in [0.05, 0.1) is 13.2 Å². The highest BCUT2D eigenvalue weighted by molar-refractivity contribution is 5.83. The van der Waals surface area contributed by atoms with Crippen LogP contribution in [0.1, 0.15) is 32.6 Å². The molecule has 1 heterocycles. The number of rotatable bonds is 5. The smallest absolute Gasteiger partial charge is 0.328 e. The highest BCUT2D eigenvalue weighted by Crippen LogP contribution is 2.48. The van der Waals surface area contributed by atoms with Crippen molar-refractivity contribution in [1.82, 2.24) is 10.2 Å². The number of ether oxygens (including phenoxy) is 1. The summed E-state index contributed by atoms with van der Waals surface area (Å²) in [7, 11) is 0. The van der Waals surface area contributed by atoms with E-state index in [1.54, 1.807) is 0 Å². The van der Waals surface area contributed by atoms with Crippen LogP contribution >= 0.6 is 0 Å². The third-order valence-corrected chi connectivity index (χ3v) is 4.03. The molecule has 2 N–H and O–H groups in total. The molecule has 0 radical (unpaired) electrons. The third-order valence-electron chi connectivity index (χ3n) is 4.03. The Morgan fingerprint density at radius 3 is 2.79 bits per heavy atom. The van der Waals surface area contributed by atoms with Crippen LogP contribution in [-0.2, 0) is 9.53 Å². The summed E-state index contributed by atoms with van der Waals surface area (Å²) in [6.07, 6.45) is 4.56. The number of carboxylic acid groups (broad SMARTS) is 1. The molecular formula is C13H22N2O4.